The van der Waals surface area contributed by atoms with Crippen molar-refractivity contribution in [3.63, 3.8) is 0 Å². The molecule has 11 nitrogen and oxygen atoms in total. The van der Waals surface area contributed by atoms with E-state index in [-0.39, 0.29) is 34.5 Å². The molecule has 1 fully saturated rings. The number of aryl methyl sites for hydroxylation is 1. The van der Waals surface area contributed by atoms with Gasteiger partial charge in [-0.25, -0.2) is 0 Å². The third-order valence-corrected chi connectivity index (χ3v) is 7.74. The molecule has 0 saturated carbocycles. The number of carbonyl (C=O) groups is 2. The van der Waals surface area contributed by atoms with Crippen molar-refractivity contribution >= 4 is 46.1 Å². The van der Waals surface area contributed by atoms with Crippen LogP contribution in [0.5, 0.6) is 0 Å². The number of nitrogens with one attached hydrogen (secondary N) is 1. The lowest BCUT2D eigenvalue weighted by Crippen LogP contribution is -2.50. The van der Waals surface area contributed by atoms with E-state index < -0.39 is 23.2 Å². The molecule has 2 aliphatic rings. The lowest BCUT2D eigenvalue weighted by Gasteiger charge is -2.36. The Hall–Kier alpha value is -3.91. The van der Waals surface area contributed by atoms with E-state index in [9.17, 15) is 27.6 Å². The Morgan fingerprint density at radius 2 is 1.86 bits per heavy atom. The van der Waals surface area contributed by atoms with Crippen LogP contribution in [0.4, 0.5) is 24.5 Å². The number of anilines is 2. The summed E-state index contributed by atoms with van der Waals surface area (Å²) in [7, 11) is 0. The van der Waals surface area contributed by atoms with Gasteiger partial charge in [0.25, 0.3) is 5.56 Å². The first-order valence-corrected chi connectivity index (χ1v) is 13.7. The first-order chi connectivity index (χ1) is 19.8. The van der Waals surface area contributed by atoms with Gasteiger partial charge in [-0.15, -0.1) is 5.10 Å². The summed E-state index contributed by atoms with van der Waals surface area (Å²) in [6.07, 6.45) is -2.20. The summed E-state index contributed by atoms with van der Waals surface area (Å²) in [6.45, 7) is 6.79. The molecule has 4 heterocycles. The average Bonchev–Trinajstić information content (AvgIpc) is 3.39. The average molecular weight is 608 g/mol. The zero-order chi connectivity index (χ0) is 30.3. The van der Waals surface area contributed by atoms with Crippen LogP contribution in [0.25, 0.3) is 11.4 Å². The molecular formula is C27H29ClF3N7O4. The molecule has 224 valence electrons. The number of ether oxygens (including phenoxy) is 1. The minimum atomic E-state index is -4.59. The van der Waals surface area contributed by atoms with Crippen molar-refractivity contribution in [2.45, 2.75) is 39.9 Å². The van der Waals surface area contributed by atoms with Crippen molar-refractivity contribution < 1.29 is 27.5 Å². The van der Waals surface area contributed by atoms with Gasteiger partial charge >= 0.3 is 6.18 Å². The number of halogens is 4. The molecule has 2 aliphatic heterocycles. The molecule has 0 bridgehead atoms. The molecule has 15 heteroatoms. The molecule has 2 amide bonds. The van der Waals surface area contributed by atoms with Crippen molar-refractivity contribution in [1.29, 1.82) is 0 Å². The third-order valence-electron chi connectivity index (χ3n) is 7.45. The second-order valence-corrected chi connectivity index (χ2v) is 10.6. The number of rotatable bonds is 5. The van der Waals surface area contributed by atoms with E-state index in [1.54, 1.807) is 16.4 Å². The Morgan fingerprint density at radius 3 is 2.45 bits per heavy atom. The number of alkyl halides is 3. The van der Waals surface area contributed by atoms with Crippen molar-refractivity contribution in [3.8, 4) is 0 Å². The fourth-order valence-electron chi connectivity index (χ4n) is 5.20. The minimum absolute atomic E-state index is 0.0551. The summed E-state index contributed by atoms with van der Waals surface area (Å²) in [5.41, 5.74) is 0.442. The van der Waals surface area contributed by atoms with Gasteiger partial charge in [-0.1, -0.05) is 17.7 Å². The Balaban J connectivity index is 1.54. The van der Waals surface area contributed by atoms with E-state index in [0.717, 1.165) is 22.2 Å². The smallest absolute Gasteiger partial charge is 0.377 e. The predicted octanol–water partition coefficient (Wildman–Crippen LogP) is 3.29. The largest absolute Gasteiger partial charge is 0.416 e. The zero-order valence-corrected chi connectivity index (χ0v) is 24.0. The van der Waals surface area contributed by atoms with E-state index in [1.807, 2.05) is 11.0 Å². The topological polar surface area (TPSA) is 114 Å². The number of hydrogen-bond acceptors (Lipinski definition) is 7. The second-order valence-electron chi connectivity index (χ2n) is 10.2. The number of hydrogen-bond donors (Lipinski definition) is 1. The maximum atomic E-state index is 13.8. The van der Waals surface area contributed by atoms with Gasteiger partial charge in [0, 0.05) is 38.8 Å². The Kier molecular flexibility index (Phi) is 8.03. The molecule has 1 aromatic carbocycles. The van der Waals surface area contributed by atoms with Gasteiger partial charge in [0.1, 0.15) is 12.2 Å². The molecule has 0 unspecified atom stereocenters. The number of amides is 2. The number of carbonyl (C=O) groups excluding carboxylic acids is 2. The SMILES string of the molecule is CC(=O)N1CCN(c2c(C)n(CC(=O)Nc3c(C)cc(C(F)(F)F)cc3Cl)c3nc(C4=CCOCC4)nn3c2=O)CC1. The molecule has 3 aromatic rings. The maximum Gasteiger partial charge on any atom is 0.416 e. The van der Waals surface area contributed by atoms with E-state index >= 15 is 0 Å². The van der Waals surface area contributed by atoms with Crippen LogP contribution in [0.2, 0.25) is 5.02 Å². The van der Waals surface area contributed by atoms with E-state index in [4.69, 9.17) is 16.3 Å². The van der Waals surface area contributed by atoms with Gasteiger partial charge in [-0.05, 0) is 43.5 Å². The highest BCUT2D eigenvalue weighted by Gasteiger charge is 2.32. The Morgan fingerprint density at radius 1 is 1.14 bits per heavy atom. The molecule has 0 spiro atoms. The highest BCUT2D eigenvalue weighted by molar-refractivity contribution is 6.34. The maximum absolute atomic E-state index is 13.8. The predicted molar refractivity (Wildman–Crippen MR) is 150 cm³/mol. The van der Waals surface area contributed by atoms with Crippen LogP contribution in [0.3, 0.4) is 0 Å². The fourth-order valence-corrected chi connectivity index (χ4v) is 5.51. The zero-order valence-electron chi connectivity index (χ0n) is 23.2. The molecule has 2 aromatic heterocycles. The number of piperazine rings is 1. The first kappa shape index (κ1) is 29.6. The molecule has 42 heavy (non-hydrogen) atoms. The minimum Gasteiger partial charge on any atom is -0.377 e. The van der Waals surface area contributed by atoms with Crippen LogP contribution < -0.4 is 15.8 Å². The van der Waals surface area contributed by atoms with E-state index in [1.165, 1.54) is 13.8 Å². The van der Waals surface area contributed by atoms with Crippen LogP contribution in [0.1, 0.15) is 36.0 Å². The number of aromatic nitrogens is 4. The van der Waals surface area contributed by atoms with Gasteiger partial charge in [-0.3, -0.25) is 14.4 Å². The molecular weight excluding hydrogens is 579 g/mol. The summed E-state index contributed by atoms with van der Waals surface area (Å²) in [4.78, 5) is 47.1. The summed E-state index contributed by atoms with van der Waals surface area (Å²) in [5.74, 6) is -0.171. The van der Waals surface area contributed by atoms with Gasteiger partial charge in [0.05, 0.1) is 29.5 Å². The van der Waals surface area contributed by atoms with Crippen LogP contribution in [0, 0.1) is 13.8 Å². The Labute approximate surface area is 243 Å². The number of benzene rings is 1. The van der Waals surface area contributed by atoms with Crippen LogP contribution >= 0.6 is 11.6 Å². The third kappa shape index (κ3) is 5.73. The Bertz CT molecular complexity index is 1630. The lowest BCUT2D eigenvalue weighted by molar-refractivity contribution is -0.137. The van der Waals surface area contributed by atoms with Crippen LogP contribution in [-0.2, 0) is 27.0 Å². The van der Waals surface area contributed by atoms with E-state index in [0.29, 0.717) is 63.0 Å². The second kappa shape index (κ2) is 11.4. The van der Waals surface area contributed by atoms with Crippen LogP contribution in [-0.4, -0.2) is 75.3 Å². The molecule has 1 N–H and O–H groups in total. The highest BCUT2D eigenvalue weighted by atomic mass is 35.5. The molecule has 0 radical (unpaired) electrons. The van der Waals surface area contributed by atoms with Gasteiger partial charge in [-0.2, -0.15) is 22.7 Å². The normalized spacial score (nSPS) is 16.1. The van der Waals surface area contributed by atoms with Crippen molar-refractivity contribution in [2.75, 3.05) is 49.6 Å². The molecule has 0 atom stereocenters. The molecule has 5 rings (SSSR count). The van der Waals surface area contributed by atoms with Gasteiger partial charge in [0.2, 0.25) is 17.6 Å². The van der Waals surface area contributed by atoms with E-state index in [2.05, 4.69) is 15.4 Å². The summed E-state index contributed by atoms with van der Waals surface area (Å²) < 4.78 is 47.7. The molecule has 0 aliphatic carbocycles. The van der Waals surface area contributed by atoms with Crippen LogP contribution in [0.15, 0.2) is 23.0 Å². The standard InChI is InChI=1S/C27H29ClF3N7O4/c1-15-12-19(27(29,30)31)13-20(28)22(15)32-21(40)14-37-16(2)23(36-8-6-35(7-9-36)17(3)39)25(41)38-26(37)33-24(34-38)18-4-10-42-11-5-18/h4,12-13H,5-11,14H2,1-3H3,(H,32,40). The quantitative estimate of drug-likeness (QED) is 0.473. The number of nitrogens with zero attached hydrogens (tertiary/aromatic N) is 6. The number of fused-ring (bicyclic) bond motifs is 1. The van der Waals surface area contributed by atoms with Gasteiger partial charge in [0.15, 0.2) is 5.82 Å². The highest BCUT2D eigenvalue weighted by Crippen LogP contribution is 2.36. The first-order valence-electron chi connectivity index (χ1n) is 13.3. The van der Waals surface area contributed by atoms with Gasteiger partial charge < -0.3 is 24.4 Å². The summed E-state index contributed by atoms with van der Waals surface area (Å²) in [6, 6.07) is 1.67. The monoisotopic (exact) mass is 607 g/mol. The molecule has 1 saturated heterocycles. The van der Waals surface area contributed by atoms with Crippen molar-refractivity contribution in [2.24, 2.45) is 0 Å². The summed E-state index contributed by atoms with van der Waals surface area (Å²) >= 11 is 6.14. The van der Waals surface area contributed by atoms with Crippen molar-refractivity contribution in [3.05, 3.63) is 56.2 Å². The fraction of sp³-hybridized carbons (Fsp3) is 0.444. The summed E-state index contributed by atoms with van der Waals surface area (Å²) in [5, 5.41) is 6.85. The van der Waals surface area contributed by atoms with Crippen molar-refractivity contribution in [1.82, 2.24) is 24.1 Å². The lowest BCUT2D eigenvalue weighted by atomic mass is 10.1.